The van der Waals surface area contributed by atoms with Crippen LogP contribution >= 0.6 is 0 Å². The van der Waals surface area contributed by atoms with Gasteiger partial charge in [-0.15, -0.1) is 0 Å². The summed E-state index contributed by atoms with van der Waals surface area (Å²) in [5.41, 5.74) is 1.81. The lowest BCUT2D eigenvalue weighted by Gasteiger charge is -2.07. The quantitative estimate of drug-likeness (QED) is 0.318. The van der Waals surface area contributed by atoms with Crippen LogP contribution in [0.25, 0.3) is 0 Å². The van der Waals surface area contributed by atoms with Crippen LogP contribution in [0, 0.1) is 0 Å². The lowest BCUT2D eigenvalue weighted by Crippen LogP contribution is -1.98. The second-order valence-electron chi connectivity index (χ2n) is 5.83. The number of nitrogens with zero attached hydrogens (tertiary/aromatic N) is 1. The second kappa shape index (κ2) is 11.1. The van der Waals surface area contributed by atoms with Crippen molar-refractivity contribution in [3.8, 4) is 11.5 Å². The summed E-state index contributed by atoms with van der Waals surface area (Å²) in [6.07, 6.45) is 6.08. The average Bonchev–Trinajstić information content (AvgIpc) is 2.63. The standard InChI is InChI=1S/C21H28N2O2/c1-3-5-13-24-20-11-7-9-18(15-20)22-17-23-19-10-8-12-21(16-19)25-14-6-4-2/h7-12,15-17H,3-6,13-14H2,1-2H3,(H,22,23). The summed E-state index contributed by atoms with van der Waals surface area (Å²) in [7, 11) is 0. The molecule has 0 aromatic heterocycles. The summed E-state index contributed by atoms with van der Waals surface area (Å²) in [6.45, 7) is 5.80. The molecule has 0 spiro atoms. The van der Waals surface area contributed by atoms with Gasteiger partial charge in [-0.05, 0) is 37.1 Å². The molecule has 0 saturated carbocycles. The van der Waals surface area contributed by atoms with Crippen LogP contribution in [0.2, 0.25) is 0 Å². The van der Waals surface area contributed by atoms with Crippen LogP contribution in [0.4, 0.5) is 11.4 Å². The number of hydrogen-bond donors (Lipinski definition) is 1. The van der Waals surface area contributed by atoms with Gasteiger partial charge in [0.15, 0.2) is 0 Å². The van der Waals surface area contributed by atoms with Gasteiger partial charge in [-0.25, -0.2) is 4.99 Å². The van der Waals surface area contributed by atoms with Crippen LogP contribution < -0.4 is 14.8 Å². The van der Waals surface area contributed by atoms with Crippen molar-refractivity contribution in [2.45, 2.75) is 39.5 Å². The van der Waals surface area contributed by atoms with Crippen molar-refractivity contribution in [2.24, 2.45) is 4.99 Å². The van der Waals surface area contributed by atoms with E-state index in [1.807, 2.05) is 48.5 Å². The molecule has 0 amide bonds. The zero-order valence-corrected chi connectivity index (χ0v) is 15.2. The Hall–Kier alpha value is -2.49. The number of nitrogens with one attached hydrogen (secondary N) is 1. The Morgan fingerprint density at radius 1 is 0.880 bits per heavy atom. The monoisotopic (exact) mass is 340 g/mol. The van der Waals surface area contributed by atoms with E-state index in [1.165, 1.54) is 0 Å². The van der Waals surface area contributed by atoms with Gasteiger partial charge >= 0.3 is 0 Å². The molecule has 1 N–H and O–H groups in total. The first kappa shape index (κ1) is 18.8. The van der Waals surface area contributed by atoms with E-state index < -0.39 is 0 Å². The molecule has 0 aliphatic heterocycles. The van der Waals surface area contributed by atoms with E-state index in [2.05, 4.69) is 24.2 Å². The maximum absolute atomic E-state index is 5.71. The van der Waals surface area contributed by atoms with E-state index in [-0.39, 0.29) is 0 Å². The molecule has 134 valence electrons. The molecule has 0 unspecified atom stereocenters. The highest BCUT2D eigenvalue weighted by molar-refractivity contribution is 5.78. The minimum atomic E-state index is 0.743. The fourth-order valence-corrected chi connectivity index (χ4v) is 2.18. The number of hydrogen-bond acceptors (Lipinski definition) is 3. The molecule has 0 bridgehead atoms. The van der Waals surface area contributed by atoms with Gasteiger partial charge in [0.25, 0.3) is 0 Å². The molecule has 0 fully saturated rings. The van der Waals surface area contributed by atoms with Crippen LogP contribution in [0.15, 0.2) is 53.5 Å². The topological polar surface area (TPSA) is 42.8 Å². The van der Waals surface area contributed by atoms with Crippen molar-refractivity contribution < 1.29 is 9.47 Å². The van der Waals surface area contributed by atoms with Gasteiger partial charge in [0.1, 0.15) is 11.5 Å². The summed E-state index contributed by atoms with van der Waals surface area (Å²) in [5, 5.41) is 3.18. The molecule has 0 saturated heterocycles. The molecule has 2 aromatic carbocycles. The molecule has 0 aliphatic carbocycles. The van der Waals surface area contributed by atoms with Gasteiger partial charge in [0.2, 0.25) is 0 Å². The van der Waals surface area contributed by atoms with Crippen molar-refractivity contribution >= 4 is 17.7 Å². The molecule has 25 heavy (non-hydrogen) atoms. The third-order valence-electron chi connectivity index (χ3n) is 3.63. The van der Waals surface area contributed by atoms with Gasteiger partial charge in [0, 0.05) is 17.8 Å². The van der Waals surface area contributed by atoms with Crippen LogP contribution in [-0.2, 0) is 0 Å². The zero-order chi connectivity index (χ0) is 17.7. The SMILES string of the molecule is CCCCOc1cccc(N=CNc2cccc(OCCCC)c2)c1. The maximum atomic E-state index is 5.71. The zero-order valence-electron chi connectivity index (χ0n) is 15.2. The largest absolute Gasteiger partial charge is 0.494 e. The maximum Gasteiger partial charge on any atom is 0.121 e. The fourth-order valence-electron chi connectivity index (χ4n) is 2.18. The molecular formula is C21H28N2O2. The normalized spacial score (nSPS) is 10.8. The smallest absolute Gasteiger partial charge is 0.121 e. The minimum absolute atomic E-state index is 0.743. The molecule has 2 rings (SSSR count). The molecule has 0 heterocycles. The second-order valence-corrected chi connectivity index (χ2v) is 5.83. The van der Waals surface area contributed by atoms with E-state index in [0.29, 0.717) is 0 Å². The van der Waals surface area contributed by atoms with Crippen LogP contribution in [-0.4, -0.2) is 19.6 Å². The number of unbranched alkanes of at least 4 members (excludes halogenated alkanes) is 2. The van der Waals surface area contributed by atoms with Crippen molar-refractivity contribution in [1.82, 2.24) is 0 Å². The summed E-state index contributed by atoms with van der Waals surface area (Å²) < 4.78 is 11.4. The van der Waals surface area contributed by atoms with E-state index in [0.717, 1.165) is 61.8 Å². The van der Waals surface area contributed by atoms with Gasteiger partial charge in [-0.1, -0.05) is 38.8 Å². The number of rotatable bonds is 11. The molecule has 4 nitrogen and oxygen atoms in total. The van der Waals surface area contributed by atoms with Crippen molar-refractivity contribution in [3.63, 3.8) is 0 Å². The molecule has 0 atom stereocenters. The third-order valence-corrected chi connectivity index (χ3v) is 3.63. The Morgan fingerprint density at radius 3 is 2.20 bits per heavy atom. The third kappa shape index (κ3) is 7.29. The Kier molecular flexibility index (Phi) is 8.39. The lowest BCUT2D eigenvalue weighted by atomic mass is 10.3. The first-order valence-corrected chi connectivity index (χ1v) is 9.06. The predicted octanol–water partition coefficient (Wildman–Crippen LogP) is 5.82. The minimum Gasteiger partial charge on any atom is -0.494 e. The van der Waals surface area contributed by atoms with E-state index in [9.17, 15) is 0 Å². The highest BCUT2D eigenvalue weighted by Crippen LogP contribution is 2.20. The summed E-state index contributed by atoms with van der Waals surface area (Å²) in [6, 6.07) is 15.7. The van der Waals surface area contributed by atoms with Crippen molar-refractivity contribution in [2.75, 3.05) is 18.5 Å². The predicted molar refractivity (Wildman–Crippen MR) is 105 cm³/mol. The Morgan fingerprint density at radius 2 is 1.52 bits per heavy atom. The van der Waals surface area contributed by atoms with Crippen LogP contribution in [0.5, 0.6) is 11.5 Å². The Balaban J connectivity index is 1.88. The number of aliphatic imine (C=N–C) groups is 1. The Labute approximate surface area is 150 Å². The summed E-state index contributed by atoms with van der Waals surface area (Å²) >= 11 is 0. The molecule has 0 radical (unpaired) electrons. The first-order valence-electron chi connectivity index (χ1n) is 9.06. The molecule has 2 aromatic rings. The van der Waals surface area contributed by atoms with Crippen molar-refractivity contribution in [1.29, 1.82) is 0 Å². The van der Waals surface area contributed by atoms with Crippen LogP contribution in [0.3, 0.4) is 0 Å². The average molecular weight is 340 g/mol. The number of benzene rings is 2. The van der Waals surface area contributed by atoms with Gasteiger partial charge in [-0.2, -0.15) is 0 Å². The van der Waals surface area contributed by atoms with E-state index >= 15 is 0 Å². The molecule has 4 heteroatoms. The van der Waals surface area contributed by atoms with Crippen molar-refractivity contribution in [3.05, 3.63) is 48.5 Å². The van der Waals surface area contributed by atoms with Gasteiger partial charge in [-0.3, -0.25) is 0 Å². The summed E-state index contributed by atoms with van der Waals surface area (Å²) in [4.78, 5) is 4.44. The molecular weight excluding hydrogens is 312 g/mol. The highest BCUT2D eigenvalue weighted by atomic mass is 16.5. The lowest BCUT2D eigenvalue weighted by molar-refractivity contribution is 0.309. The Bertz CT molecular complexity index is 656. The molecule has 0 aliphatic rings. The number of ether oxygens (including phenoxy) is 2. The van der Waals surface area contributed by atoms with E-state index in [4.69, 9.17) is 9.47 Å². The van der Waals surface area contributed by atoms with Gasteiger partial charge < -0.3 is 14.8 Å². The fraction of sp³-hybridized carbons (Fsp3) is 0.381. The summed E-state index contributed by atoms with van der Waals surface area (Å²) in [5.74, 6) is 1.73. The van der Waals surface area contributed by atoms with Crippen LogP contribution in [0.1, 0.15) is 39.5 Å². The van der Waals surface area contributed by atoms with Gasteiger partial charge in [0.05, 0.1) is 25.2 Å². The van der Waals surface area contributed by atoms with E-state index in [1.54, 1.807) is 6.34 Å². The first-order chi connectivity index (χ1) is 12.3. The highest BCUT2D eigenvalue weighted by Gasteiger charge is 1.97. The number of anilines is 1.